The lowest BCUT2D eigenvalue weighted by molar-refractivity contribution is 0.109. The Hall–Kier alpha value is -3.25. The zero-order valence-corrected chi connectivity index (χ0v) is 21.4. The second-order valence-corrected chi connectivity index (χ2v) is 9.87. The maximum atomic E-state index is 6.75. The molecule has 2 heterocycles. The average Bonchev–Trinajstić information content (AvgIpc) is 3.43. The van der Waals surface area contributed by atoms with Crippen LogP contribution in [0.25, 0.3) is 0 Å². The third-order valence-corrected chi connectivity index (χ3v) is 7.23. The van der Waals surface area contributed by atoms with Crippen LogP contribution in [0.2, 0.25) is 0 Å². The van der Waals surface area contributed by atoms with Gasteiger partial charge in [-0.15, -0.1) is 0 Å². The fourth-order valence-corrected chi connectivity index (χ4v) is 5.20. The maximum Gasteiger partial charge on any atom is 0.205 e. The van der Waals surface area contributed by atoms with Crippen LogP contribution >= 0.6 is 0 Å². The minimum Gasteiger partial charge on any atom is -0.490 e. The molecular weight excluding hydrogens is 450 g/mol. The van der Waals surface area contributed by atoms with E-state index in [-0.39, 0.29) is 12.2 Å². The number of pyridine rings is 1. The number of aromatic nitrogens is 1. The second-order valence-electron chi connectivity index (χ2n) is 9.87. The Morgan fingerprint density at radius 3 is 2.31 bits per heavy atom. The maximum absolute atomic E-state index is 6.75. The van der Waals surface area contributed by atoms with Gasteiger partial charge in [-0.3, -0.25) is 4.98 Å². The molecule has 36 heavy (non-hydrogen) atoms. The van der Waals surface area contributed by atoms with Gasteiger partial charge in [-0.1, -0.05) is 24.3 Å². The lowest BCUT2D eigenvalue weighted by Gasteiger charge is -2.32. The van der Waals surface area contributed by atoms with Gasteiger partial charge in [0.1, 0.15) is 6.10 Å². The lowest BCUT2D eigenvalue weighted by Crippen LogP contribution is -2.35. The summed E-state index contributed by atoms with van der Waals surface area (Å²) in [6.45, 7) is 2.75. The van der Waals surface area contributed by atoms with Crippen LogP contribution in [0.4, 0.5) is 11.4 Å². The zero-order chi connectivity index (χ0) is 24.7. The van der Waals surface area contributed by atoms with Crippen LogP contribution < -0.4 is 19.1 Å². The molecule has 1 aliphatic carbocycles. The molecule has 2 aromatic carbocycles. The number of rotatable bonds is 9. The summed E-state index contributed by atoms with van der Waals surface area (Å²) in [5.74, 6) is 2.21. The molecular formula is C30H37N3O3. The van der Waals surface area contributed by atoms with Crippen molar-refractivity contribution in [3.05, 3.63) is 72.6 Å². The van der Waals surface area contributed by atoms with Gasteiger partial charge >= 0.3 is 0 Å². The summed E-state index contributed by atoms with van der Waals surface area (Å²) in [5.41, 5.74) is 3.19. The van der Waals surface area contributed by atoms with Crippen LogP contribution in [0.1, 0.15) is 44.1 Å². The van der Waals surface area contributed by atoms with Crippen LogP contribution in [0.5, 0.6) is 17.2 Å². The van der Waals surface area contributed by atoms with Gasteiger partial charge in [0.2, 0.25) is 5.75 Å². The van der Waals surface area contributed by atoms with Crippen molar-refractivity contribution in [1.82, 2.24) is 9.88 Å². The lowest BCUT2D eigenvalue weighted by atomic mass is 10.1. The van der Waals surface area contributed by atoms with E-state index in [1.54, 1.807) is 7.11 Å². The van der Waals surface area contributed by atoms with Crippen molar-refractivity contribution in [2.24, 2.45) is 0 Å². The van der Waals surface area contributed by atoms with Crippen molar-refractivity contribution in [3.8, 4) is 17.2 Å². The zero-order valence-electron chi connectivity index (χ0n) is 21.4. The third-order valence-electron chi connectivity index (χ3n) is 7.23. The largest absolute Gasteiger partial charge is 0.490 e. The van der Waals surface area contributed by atoms with Gasteiger partial charge in [-0.05, 0) is 81.5 Å². The highest BCUT2D eigenvalue weighted by Crippen LogP contribution is 2.48. The summed E-state index contributed by atoms with van der Waals surface area (Å²) in [6.07, 6.45) is 10.7. The molecule has 3 aromatic rings. The van der Waals surface area contributed by atoms with E-state index < -0.39 is 0 Å². The van der Waals surface area contributed by atoms with Crippen molar-refractivity contribution in [1.29, 1.82) is 0 Å². The van der Waals surface area contributed by atoms with E-state index in [4.69, 9.17) is 14.2 Å². The Labute approximate surface area is 214 Å². The number of piperidine rings is 1. The Balaban J connectivity index is 1.55. The first-order valence-corrected chi connectivity index (χ1v) is 13.2. The molecule has 190 valence electrons. The predicted octanol–water partition coefficient (Wildman–Crippen LogP) is 6.22. The van der Waals surface area contributed by atoms with Crippen LogP contribution in [0.3, 0.4) is 0 Å². The van der Waals surface area contributed by atoms with Crippen molar-refractivity contribution in [2.45, 2.75) is 57.3 Å². The van der Waals surface area contributed by atoms with Gasteiger partial charge in [-0.2, -0.15) is 0 Å². The van der Waals surface area contributed by atoms with E-state index in [9.17, 15) is 0 Å². The first-order valence-electron chi connectivity index (χ1n) is 13.2. The summed E-state index contributed by atoms with van der Waals surface area (Å²) in [5, 5.41) is 0. The van der Waals surface area contributed by atoms with Crippen LogP contribution in [0.15, 0.2) is 67.0 Å². The predicted molar refractivity (Wildman–Crippen MR) is 144 cm³/mol. The van der Waals surface area contributed by atoms with Gasteiger partial charge in [0.25, 0.3) is 0 Å². The van der Waals surface area contributed by atoms with Crippen molar-refractivity contribution in [3.63, 3.8) is 0 Å². The van der Waals surface area contributed by atoms with Crippen LogP contribution in [0, 0.1) is 0 Å². The summed E-state index contributed by atoms with van der Waals surface area (Å²) in [6, 6.07) is 18.7. The van der Waals surface area contributed by atoms with Gasteiger partial charge in [0, 0.05) is 37.7 Å². The number of methoxy groups -OCH3 is 1. The fraction of sp³-hybridized carbons (Fsp3) is 0.433. The number of benzene rings is 2. The highest BCUT2D eigenvalue weighted by molar-refractivity contribution is 5.75. The number of ether oxygens (including phenoxy) is 3. The van der Waals surface area contributed by atoms with Crippen LogP contribution in [-0.2, 0) is 6.54 Å². The topological polar surface area (TPSA) is 47.1 Å². The first kappa shape index (κ1) is 24.4. The first-order chi connectivity index (χ1) is 17.7. The van der Waals surface area contributed by atoms with E-state index in [2.05, 4.69) is 58.2 Å². The van der Waals surface area contributed by atoms with Gasteiger partial charge in [0.05, 0.1) is 18.9 Å². The molecule has 0 bridgehead atoms. The number of hydrogen-bond acceptors (Lipinski definition) is 6. The van der Waals surface area contributed by atoms with Gasteiger partial charge < -0.3 is 24.0 Å². The third kappa shape index (κ3) is 5.76. The second kappa shape index (κ2) is 11.7. The molecule has 0 spiro atoms. The molecule has 0 radical (unpaired) electrons. The van der Waals surface area contributed by atoms with Crippen molar-refractivity contribution >= 4 is 11.4 Å². The summed E-state index contributed by atoms with van der Waals surface area (Å²) < 4.78 is 19.3. The Bertz CT molecular complexity index is 1100. The summed E-state index contributed by atoms with van der Waals surface area (Å²) in [7, 11) is 3.88. The molecule has 5 rings (SSSR count). The number of nitrogens with zero attached hydrogens (tertiary/aromatic N) is 3. The molecule has 6 nitrogen and oxygen atoms in total. The number of para-hydroxylation sites is 1. The molecule has 1 aliphatic heterocycles. The van der Waals surface area contributed by atoms with Gasteiger partial charge in [0.15, 0.2) is 11.5 Å². The Morgan fingerprint density at radius 1 is 0.861 bits per heavy atom. The molecule has 0 amide bonds. The van der Waals surface area contributed by atoms with Gasteiger partial charge in [-0.25, -0.2) is 0 Å². The Morgan fingerprint density at radius 2 is 1.61 bits per heavy atom. The molecule has 0 atom stereocenters. The molecule has 2 aliphatic rings. The number of likely N-dealkylation sites (tertiary alicyclic amines) is 1. The molecule has 1 saturated heterocycles. The molecule has 6 heteroatoms. The average molecular weight is 488 g/mol. The molecule has 2 fully saturated rings. The summed E-state index contributed by atoms with van der Waals surface area (Å²) in [4.78, 5) is 8.98. The SMILES string of the molecule is COc1c(OC2CCN(C)CC2)ccc(N(Cc2cccnc2)c2ccccc2)c1OC1CCCC1. The van der Waals surface area contributed by atoms with E-state index >= 15 is 0 Å². The number of anilines is 2. The highest BCUT2D eigenvalue weighted by Gasteiger charge is 2.28. The van der Waals surface area contributed by atoms with Crippen molar-refractivity contribution < 1.29 is 14.2 Å². The summed E-state index contributed by atoms with van der Waals surface area (Å²) >= 11 is 0. The Kier molecular flexibility index (Phi) is 7.91. The van der Waals surface area contributed by atoms with Crippen LogP contribution in [-0.4, -0.2) is 49.3 Å². The molecule has 0 N–H and O–H groups in total. The quantitative estimate of drug-likeness (QED) is 0.357. The van der Waals surface area contributed by atoms with E-state index in [1.807, 2.05) is 30.6 Å². The monoisotopic (exact) mass is 487 g/mol. The molecule has 0 unspecified atom stereocenters. The normalized spacial score (nSPS) is 17.2. The van der Waals surface area contributed by atoms with E-state index in [0.29, 0.717) is 12.3 Å². The highest BCUT2D eigenvalue weighted by atomic mass is 16.5. The number of hydrogen-bond donors (Lipinski definition) is 0. The van der Waals surface area contributed by atoms with Crippen molar-refractivity contribution in [2.75, 3.05) is 32.1 Å². The fourth-order valence-electron chi connectivity index (χ4n) is 5.20. The minimum atomic E-state index is 0.181. The minimum absolute atomic E-state index is 0.181. The van der Waals surface area contributed by atoms with E-state index in [1.165, 1.54) is 12.8 Å². The standard InChI is InChI=1S/C30H37N3O3/c1-32-19-16-26(17-20-32)35-28-15-14-27(29(30(28)34-2)36-25-12-6-7-13-25)33(24-10-4-3-5-11-24)22-23-9-8-18-31-21-23/h3-5,8-11,14-15,18,21,25-26H,6-7,12-13,16-17,19-20,22H2,1-2H3. The molecule has 1 aromatic heterocycles. The van der Waals surface area contributed by atoms with E-state index in [0.717, 1.165) is 67.2 Å². The molecule has 1 saturated carbocycles. The smallest absolute Gasteiger partial charge is 0.205 e.